The molecule has 0 saturated carbocycles. The molecule has 20 heavy (non-hydrogen) atoms. The molecule has 1 saturated heterocycles. The molecule has 106 valence electrons. The fourth-order valence-electron chi connectivity index (χ4n) is 2.85. The SMILES string of the molecule is CNC(=O)C1CCN(c2cc(Cl)cc3[nH]ncc23)CC1. The lowest BCUT2D eigenvalue weighted by molar-refractivity contribution is -0.125. The van der Waals surface area contributed by atoms with Gasteiger partial charge in [-0.25, -0.2) is 0 Å². The predicted molar refractivity (Wildman–Crippen MR) is 80.1 cm³/mol. The van der Waals surface area contributed by atoms with Crippen LogP contribution < -0.4 is 10.2 Å². The number of hydrogen-bond donors (Lipinski definition) is 2. The molecule has 6 heteroatoms. The lowest BCUT2D eigenvalue weighted by atomic mass is 9.95. The average Bonchev–Trinajstić information content (AvgIpc) is 2.94. The summed E-state index contributed by atoms with van der Waals surface area (Å²) in [4.78, 5) is 14.0. The van der Waals surface area contributed by atoms with Gasteiger partial charge >= 0.3 is 0 Å². The molecule has 0 aliphatic carbocycles. The van der Waals surface area contributed by atoms with Gasteiger partial charge < -0.3 is 10.2 Å². The molecule has 2 aromatic rings. The number of nitrogens with zero attached hydrogens (tertiary/aromatic N) is 2. The van der Waals surface area contributed by atoms with Crippen LogP contribution in [0, 0.1) is 5.92 Å². The number of nitrogens with one attached hydrogen (secondary N) is 2. The maximum absolute atomic E-state index is 11.7. The van der Waals surface area contributed by atoms with E-state index in [-0.39, 0.29) is 11.8 Å². The number of fused-ring (bicyclic) bond motifs is 1. The molecule has 3 rings (SSSR count). The molecule has 0 unspecified atom stereocenters. The molecule has 1 aliphatic rings. The van der Waals surface area contributed by atoms with Crippen LogP contribution in [-0.2, 0) is 4.79 Å². The minimum absolute atomic E-state index is 0.121. The number of halogens is 1. The van der Waals surface area contributed by atoms with E-state index in [1.165, 1.54) is 0 Å². The zero-order valence-electron chi connectivity index (χ0n) is 11.3. The number of H-pyrrole nitrogens is 1. The normalized spacial score (nSPS) is 16.6. The topological polar surface area (TPSA) is 61.0 Å². The van der Waals surface area contributed by atoms with Crippen LogP contribution in [0.25, 0.3) is 10.9 Å². The van der Waals surface area contributed by atoms with Crippen molar-refractivity contribution in [3.63, 3.8) is 0 Å². The standard InChI is InChI=1S/C14H17ClN4O/c1-16-14(20)9-2-4-19(5-3-9)13-7-10(15)6-12-11(13)8-17-18-12/h6-9H,2-5H2,1H3,(H,16,20)(H,17,18). The second-order valence-electron chi connectivity index (χ2n) is 5.13. The summed E-state index contributed by atoms with van der Waals surface area (Å²) in [6.45, 7) is 1.72. The van der Waals surface area contributed by atoms with Gasteiger partial charge in [0.25, 0.3) is 0 Å². The Hall–Kier alpha value is -1.75. The quantitative estimate of drug-likeness (QED) is 0.892. The van der Waals surface area contributed by atoms with E-state index < -0.39 is 0 Å². The van der Waals surface area contributed by atoms with Crippen molar-refractivity contribution in [2.75, 3.05) is 25.0 Å². The molecule has 1 amide bonds. The number of rotatable bonds is 2. The number of carbonyl (C=O) groups is 1. The highest BCUT2D eigenvalue weighted by Crippen LogP contribution is 2.32. The van der Waals surface area contributed by atoms with Crippen molar-refractivity contribution in [1.29, 1.82) is 0 Å². The summed E-state index contributed by atoms with van der Waals surface area (Å²) in [6, 6.07) is 3.85. The van der Waals surface area contributed by atoms with Gasteiger partial charge in [-0.3, -0.25) is 9.89 Å². The summed E-state index contributed by atoms with van der Waals surface area (Å²) in [5.41, 5.74) is 2.04. The molecule has 1 fully saturated rings. The highest BCUT2D eigenvalue weighted by atomic mass is 35.5. The summed E-state index contributed by atoms with van der Waals surface area (Å²) >= 11 is 6.16. The highest BCUT2D eigenvalue weighted by molar-refractivity contribution is 6.31. The Bertz CT molecular complexity index is 631. The van der Waals surface area contributed by atoms with Crippen molar-refractivity contribution < 1.29 is 4.79 Å². The Kier molecular flexibility index (Phi) is 3.53. The van der Waals surface area contributed by atoms with Gasteiger partial charge in [0.1, 0.15) is 0 Å². The molecule has 0 bridgehead atoms. The molecule has 1 aliphatic heterocycles. The number of aromatic amines is 1. The monoisotopic (exact) mass is 292 g/mol. The van der Waals surface area contributed by atoms with Crippen LogP contribution in [0.15, 0.2) is 18.3 Å². The third-order valence-electron chi connectivity index (χ3n) is 3.95. The van der Waals surface area contributed by atoms with Crippen molar-refractivity contribution >= 4 is 34.1 Å². The third kappa shape index (κ3) is 2.33. The first-order valence-corrected chi connectivity index (χ1v) is 7.16. The van der Waals surface area contributed by atoms with Crippen LogP contribution in [0.1, 0.15) is 12.8 Å². The minimum Gasteiger partial charge on any atom is -0.371 e. The van der Waals surface area contributed by atoms with Gasteiger partial charge in [0, 0.05) is 42.2 Å². The van der Waals surface area contributed by atoms with Gasteiger partial charge in [0.15, 0.2) is 0 Å². The van der Waals surface area contributed by atoms with E-state index in [1.54, 1.807) is 7.05 Å². The summed E-state index contributed by atoms with van der Waals surface area (Å²) in [7, 11) is 1.70. The molecule has 2 N–H and O–H groups in total. The first-order chi connectivity index (χ1) is 9.69. The van der Waals surface area contributed by atoms with Crippen molar-refractivity contribution in [2.24, 2.45) is 5.92 Å². The number of benzene rings is 1. The Balaban J connectivity index is 1.83. The number of anilines is 1. The van der Waals surface area contributed by atoms with Crippen LogP contribution in [0.2, 0.25) is 5.02 Å². The van der Waals surface area contributed by atoms with Crippen LogP contribution in [0.4, 0.5) is 5.69 Å². The lowest BCUT2D eigenvalue weighted by Gasteiger charge is -2.33. The smallest absolute Gasteiger partial charge is 0.222 e. The molecule has 2 heterocycles. The van der Waals surface area contributed by atoms with E-state index in [1.807, 2.05) is 18.3 Å². The molecule has 0 atom stereocenters. The van der Waals surface area contributed by atoms with Gasteiger partial charge in [-0.05, 0) is 25.0 Å². The predicted octanol–water partition coefficient (Wildman–Crippen LogP) is 2.18. The Morgan fingerprint density at radius 1 is 1.45 bits per heavy atom. The van der Waals surface area contributed by atoms with Crippen LogP contribution in [0.3, 0.4) is 0 Å². The van der Waals surface area contributed by atoms with Gasteiger partial charge in [-0.1, -0.05) is 11.6 Å². The van der Waals surface area contributed by atoms with E-state index in [0.29, 0.717) is 5.02 Å². The van der Waals surface area contributed by atoms with E-state index in [9.17, 15) is 4.79 Å². The van der Waals surface area contributed by atoms with Gasteiger partial charge in [-0.2, -0.15) is 5.10 Å². The average molecular weight is 293 g/mol. The molecule has 1 aromatic heterocycles. The highest BCUT2D eigenvalue weighted by Gasteiger charge is 2.25. The Labute approximate surface area is 122 Å². The summed E-state index contributed by atoms with van der Waals surface area (Å²) in [6.07, 6.45) is 3.56. The minimum atomic E-state index is 0.121. The van der Waals surface area contributed by atoms with Crippen molar-refractivity contribution in [3.05, 3.63) is 23.4 Å². The largest absolute Gasteiger partial charge is 0.371 e. The number of piperidine rings is 1. The second kappa shape index (κ2) is 5.32. The first kappa shape index (κ1) is 13.2. The molecular weight excluding hydrogens is 276 g/mol. The molecule has 1 aromatic carbocycles. The summed E-state index contributed by atoms with van der Waals surface area (Å²) in [5, 5.41) is 11.5. The fourth-order valence-corrected chi connectivity index (χ4v) is 3.06. The van der Waals surface area contributed by atoms with E-state index in [2.05, 4.69) is 20.4 Å². The van der Waals surface area contributed by atoms with Gasteiger partial charge in [-0.15, -0.1) is 0 Å². The van der Waals surface area contributed by atoms with Crippen molar-refractivity contribution in [1.82, 2.24) is 15.5 Å². The van der Waals surface area contributed by atoms with E-state index in [4.69, 9.17) is 11.6 Å². The van der Waals surface area contributed by atoms with Crippen LogP contribution >= 0.6 is 11.6 Å². The summed E-state index contributed by atoms with van der Waals surface area (Å²) < 4.78 is 0. The molecule has 5 nitrogen and oxygen atoms in total. The zero-order chi connectivity index (χ0) is 14.1. The third-order valence-corrected chi connectivity index (χ3v) is 4.17. The molecule has 0 radical (unpaired) electrons. The number of amides is 1. The maximum Gasteiger partial charge on any atom is 0.222 e. The van der Waals surface area contributed by atoms with Crippen molar-refractivity contribution in [2.45, 2.75) is 12.8 Å². The number of hydrogen-bond acceptors (Lipinski definition) is 3. The van der Waals surface area contributed by atoms with Crippen LogP contribution in [0.5, 0.6) is 0 Å². The molecule has 0 spiro atoms. The first-order valence-electron chi connectivity index (χ1n) is 6.78. The molecular formula is C14H17ClN4O. The van der Waals surface area contributed by atoms with Crippen molar-refractivity contribution in [3.8, 4) is 0 Å². The van der Waals surface area contributed by atoms with Gasteiger partial charge in [0.2, 0.25) is 5.91 Å². The van der Waals surface area contributed by atoms with Crippen LogP contribution in [-0.4, -0.2) is 36.2 Å². The lowest BCUT2D eigenvalue weighted by Crippen LogP contribution is -2.39. The van der Waals surface area contributed by atoms with E-state index >= 15 is 0 Å². The second-order valence-corrected chi connectivity index (χ2v) is 5.57. The number of carbonyl (C=O) groups excluding carboxylic acids is 1. The zero-order valence-corrected chi connectivity index (χ0v) is 12.1. The van der Waals surface area contributed by atoms with Gasteiger partial charge in [0.05, 0.1) is 11.7 Å². The maximum atomic E-state index is 11.7. The Morgan fingerprint density at radius 2 is 2.20 bits per heavy atom. The van der Waals surface area contributed by atoms with E-state index in [0.717, 1.165) is 42.5 Å². The Morgan fingerprint density at radius 3 is 2.90 bits per heavy atom. The fraction of sp³-hybridized carbons (Fsp3) is 0.429. The summed E-state index contributed by atoms with van der Waals surface area (Å²) in [5.74, 6) is 0.263. The number of aromatic nitrogens is 2.